The zero-order valence-corrected chi connectivity index (χ0v) is 11.4. The summed E-state index contributed by atoms with van der Waals surface area (Å²) in [4.78, 5) is 11.5. The molecule has 110 valence electrons. The van der Waals surface area contributed by atoms with Crippen molar-refractivity contribution < 1.29 is 18.0 Å². The number of hydrogen-bond acceptors (Lipinski definition) is 2. The van der Waals surface area contributed by atoms with Crippen molar-refractivity contribution in [2.24, 2.45) is 5.92 Å². The summed E-state index contributed by atoms with van der Waals surface area (Å²) in [5.41, 5.74) is 1.64. The average molecular weight is 278 g/mol. The van der Waals surface area contributed by atoms with Gasteiger partial charge in [0, 0.05) is 12.0 Å². The molecule has 6 heteroatoms. The molecule has 0 spiro atoms. The van der Waals surface area contributed by atoms with Gasteiger partial charge in [-0.3, -0.25) is 10.2 Å². The number of carbonyl (C=O) groups excluding carboxylic acids is 1. The van der Waals surface area contributed by atoms with Crippen molar-refractivity contribution in [1.82, 2.24) is 10.4 Å². The Bertz CT molecular complexity index is 348. The van der Waals surface area contributed by atoms with Crippen molar-refractivity contribution in [3.63, 3.8) is 0 Å². The molecule has 2 aliphatic rings. The van der Waals surface area contributed by atoms with Gasteiger partial charge in [0.25, 0.3) is 0 Å². The van der Waals surface area contributed by atoms with Crippen molar-refractivity contribution in [3.05, 3.63) is 0 Å². The number of carbonyl (C=O) groups is 1. The molecule has 0 bridgehead atoms. The maximum atomic E-state index is 13.4. The molecule has 0 aromatic carbocycles. The summed E-state index contributed by atoms with van der Waals surface area (Å²) in [6.45, 7) is 3.37. The molecule has 1 saturated heterocycles. The summed E-state index contributed by atoms with van der Waals surface area (Å²) >= 11 is 0. The van der Waals surface area contributed by atoms with Crippen LogP contribution in [0, 0.1) is 5.92 Å². The lowest BCUT2D eigenvalue weighted by Gasteiger charge is -2.42. The van der Waals surface area contributed by atoms with Gasteiger partial charge in [-0.25, -0.2) is 5.01 Å². The summed E-state index contributed by atoms with van der Waals surface area (Å²) in [6, 6.07) is -1.56. The van der Waals surface area contributed by atoms with Crippen molar-refractivity contribution in [3.8, 4) is 0 Å². The number of halogens is 3. The molecule has 0 radical (unpaired) electrons. The molecule has 1 aliphatic carbocycles. The van der Waals surface area contributed by atoms with Gasteiger partial charge in [0.2, 0.25) is 5.91 Å². The van der Waals surface area contributed by atoms with Gasteiger partial charge < -0.3 is 0 Å². The molecular formula is C13H21F3N2O. The third-order valence-electron chi connectivity index (χ3n) is 4.20. The molecule has 0 aromatic rings. The van der Waals surface area contributed by atoms with Gasteiger partial charge in [-0.05, 0) is 32.6 Å². The van der Waals surface area contributed by atoms with Gasteiger partial charge in [0.05, 0.1) is 0 Å². The highest BCUT2D eigenvalue weighted by Gasteiger charge is 2.55. The van der Waals surface area contributed by atoms with E-state index in [4.69, 9.17) is 0 Å². The Morgan fingerprint density at radius 3 is 2.26 bits per heavy atom. The molecule has 19 heavy (non-hydrogen) atoms. The van der Waals surface area contributed by atoms with Crippen LogP contribution in [0.2, 0.25) is 0 Å². The minimum absolute atomic E-state index is 0.117. The second-order valence-corrected chi connectivity index (χ2v) is 6.28. The van der Waals surface area contributed by atoms with Gasteiger partial charge in [0.15, 0.2) is 0 Å². The molecule has 2 fully saturated rings. The molecule has 1 atom stereocenters. The number of nitrogens with zero attached hydrogens (tertiary/aromatic N) is 1. The van der Waals surface area contributed by atoms with Crippen LogP contribution in [0.3, 0.4) is 0 Å². The van der Waals surface area contributed by atoms with E-state index in [0.29, 0.717) is 12.8 Å². The van der Waals surface area contributed by atoms with Crippen LogP contribution in [-0.4, -0.2) is 28.7 Å². The number of rotatable bonds is 2. The smallest absolute Gasteiger partial charge is 0.288 e. The Labute approximate surface area is 111 Å². The lowest BCUT2D eigenvalue weighted by atomic mass is 9.82. The first-order chi connectivity index (χ1) is 8.72. The van der Waals surface area contributed by atoms with Crippen LogP contribution < -0.4 is 5.43 Å². The van der Waals surface area contributed by atoms with E-state index < -0.39 is 23.7 Å². The molecule has 1 N–H and O–H groups in total. The highest BCUT2D eigenvalue weighted by atomic mass is 19.4. The van der Waals surface area contributed by atoms with E-state index >= 15 is 0 Å². The first-order valence-electron chi connectivity index (χ1n) is 6.87. The van der Waals surface area contributed by atoms with Gasteiger partial charge >= 0.3 is 6.18 Å². The van der Waals surface area contributed by atoms with Crippen LogP contribution in [0.5, 0.6) is 0 Å². The lowest BCUT2D eigenvalue weighted by Crippen LogP contribution is -2.59. The second kappa shape index (κ2) is 4.96. The van der Waals surface area contributed by atoms with Crippen molar-refractivity contribution in [1.29, 1.82) is 0 Å². The molecule has 2 rings (SSSR count). The monoisotopic (exact) mass is 278 g/mol. The Morgan fingerprint density at radius 1 is 1.26 bits per heavy atom. The fourth-order valence-corrected chi connectivity index (χ4v) is 3.32. The normalized spacial score (nSPS) is 27.3. The standard InChI is InChI=1S/C13H21F3N2O/c1-12(2)8-10(19)17-18(12)11(13(14,15)16)9-6-4-3-5-7-9/h9,11H,3-8H2,1-2H3,(H,17,19)/t11-/m0/s1. The summed E-state index contributed by atoms with van der Waals surface area (Å²) in [7, 11) is 0. The third-order valence-corrected chi connectivity index (χ3v) is 4.20. The average Bonchev–Trinajstić information content (AvgIpc) is 2.52. The number of hydrogen-bond donors (Lipinski definition) is 1. The second-order valence-electron chi connectivity index (χ2n) is 6.28. The van der Waals surface area contributed by atoms with Gasteiger partial charge in [0.1, 0.15) is 6.04 Å². The molecule has 1 saturated carbocycles. The SMILES string of the molecule is CC1(C)CC(=O)NN1[C@@H](C1CCCCC1)C(F)(F)F. The number of hydrazine groups is 1. The lowest BCUT2D eigenvalue weighted by molar-refractivity contribution is -0.217. The van der Waals surface area contributed by atoms with Crippen LogP contribution in [0.1, 0.15) is 52.4 Å². The minimum atomic E-state index is -4.31. The largest absolute Gasteiger partial charge is 0.406 e. The van der Waals surface area contributed by atoms with Crippen LogP contribution in [0.15, 0.2) is 0 Å². The van der Waals surface area contributed by atoms with Gasteiger partial charge in [-0.2, -0.15) is 13.2 Å². The molecule has 0 unspecified atom stereocenters. The maximum Gasteiger partial charge on any atom is 0.406 e. The predicted octanol–water partition coefficient (Wildman–Crippen LogP) is 3.01. The number of amides is 1. The van der Waals surface area contributed by atoms with Crippen LogP contribution in [0.25, 0.3) is 0 Å². The van der Waals surface area contributed by atoms with Crippen LogP contribution in [-0.2, 0) is 4.79 Å². The highest BCUT2D eigenvalue weighted by Crippen LogP contribution is 2.41. The summed E-state index contributed by atoms with van der Waals surface area (Å²) < 4.78 is 40.3. The first-order valence-corrected chi connectivity index (χ1v) is 6.87. The highest BCUT2D eigenvalue weighted by molar-refractivity contribution is 5.78. The van der Waals surface area contributed by atoms with E-state index in [-0.39, 0.29) is 12.3 Å². The summed E-state index contributed by atoms with van der Waals surface area (Å²) in [5.74, 6) is -0.735. The Morgan fingerprint density at radius 2 is 1.84 bits per heavy atom. The zero-order valence-electron chi connectivity index (χ0n) is 11.4. The Kier molecular flexibility index (Phi) is 3.82. The van der Waals surface area contributed by atoms with Crippen LogP contribution in [0.4, 0.5) is 13.2 Å². The summed E-state index contributed by atoms with van der Waals surface area (Å²) in [6.07, 6.45) is -0.307. The predicted molar refractivity (Wildman–Crippen MR) is 65.1 cm³/mol. The third kappa shape index (κ3) is 3.04. The summed E-state index contributed by atoms with van der Waals surface area (Å²) in [5, 5.41) is 1.16. The van der Waals surface area contributed by atoms with Gasteiger partial charge in [-0.15, -0.1) is 0 Å². The Hall–Kier alpha value is -0.780. The fraction of sp³-hybridized carbons (Fsp3) is 0.923. The van der Waals surface area contributed by atoms with Crippen molar-refractivity contribution in [2.45, 2.75) is 70.1 Å². The molecule has 1 aliphatic heterocycles. The Balaban J connectivity index is 2.25. The molecular weight excluding hydrogens is 257 g/mol. The molecule has 1 amide bonds. The van der Waals surface area contributed by atoms with Crippen LogP contribution >= 0.6 is 0 Å². The van der Waals surface area contributed by atoms with E-state index in [1.807, 2.05) is 0 Å². The minimum Gasteiger partial charge on any atom is -0.288 e. The maximum absolute atomic E-state index is 13.4. The van der Waals surface area contributed by atoms with E-state index in [9.17, 15) is 18.0 Å². The van der Waals surface area contributed by atoms with E-state index in [0.717, 1.165) is 24.3 Å². The fourth-order valence-electron chi connectivity index (χ4n) is 3.32. The molecule has 0 aromatic heterocycles. The molecule has 1 heterocycles. The van der Waals surface area contributed by atoms with Crippen molar-refractivity contribution in [2.75, 3.05) is 0 Å². The first kappa shape index (κ1) is 14.6. The molecule has 3 nitrogen and oxygen atoms in total. The van der Waals surface area contributed by atoms with E-state index in [1.165, 1.54) is 0 Å². The quantitative estimate of drug-likeness (QED) is 0.842. The van der Waals surface area contributed by atoms with Crippen molar-refractivity contribution >= 4 is 5.91 Å². The number of nitrogens with one attached hydrogen (secondary N) is 1. The van der Waals surface area contributed by atoms with E-state index in [1.54, 1.807) is 13.8 Å². The number of alkyl halides is 3. The van der Waals surface area contributed by atoms with Gasteiger partial charge in [-0.1, -0.05) is 19.3 Å². The van der Waals surface area contributed by atoms with E-state index in [2.05, 4.69) is 5.43 Å². The topological polar surface area (TPSA) is 32.3 Å². The zero-order chi connectivity index (χ0) is 14.3.